The molecule has 0 saturated heterocycles. The molecule has 0 atom stereocenters. The predicted molar refractivity (Wildman–Crippen MR) is 89.7 cm³/mol. The molecule has 1 amide bonds. The Morgan fingerprint density at radius 1 is 1.14 bits per heavy atom. The molecule has 3 nitrogen and oxygen atoms in total. The van der Waals surface area contributed by atoms with E-state index in [2.05, 4.69) is 5.32 Å². The van der Waals surface area contributed by atoms with Crippen molar-refractivity contribution in [2.45, 2.75) is 6.54 Å². The highest BCUT2D eigenvalue weighted by Crippen LogP contribution is 2.26. The largest absolute Gasteiger partial charge is 0.458 e. The molecule has 0 unspecified atom stereocenters. The first kappa shape index (κ1) is 15.2. The van der Waals surface area contributed by atoms with Crippen molar-refractivity contribution < 1.29 is 9.21 Å². The molecular weight excluding hydrogens is 341 g/mol. The first-order valence-corrected chi connectivity index (χ1v) is 8.13. The van der Waals surface area contributed by atoms with Crippen molar-refractivity contribution in [2.24, 2.45) is 0 Å². The van der Waals surface area contributed by atoms with Gasteiger partial charge in [0.2, 0.25) is 0 Å². The van der Waals surface area contributed by atoms with E-state index >= 15 is 0 Å². The Morgan fingerprint density at radius 2 is 2.00 bits per heavy atom. The summed E-state index contributed by atoms with van der Waals surface area (Å²) in [6, 6.07) is 12.5. The van der Waals surface area contributed by atoms with Crippen molar-refractivity contribution in [1.29, 1.82) is 0 Å². The summed E-state index contributed by atoms with van der Waals surface area (Å²) in [7, 11) is 0. The van der Waals surface area contributed by atoms with Crippen LogP contribution in [0.4, 0.5) is 0 Å². The van der Waals surface area contributed by atoms with Gasteiger partial charge in [0.25, 0.3) is 5.91 Å². The number of furan rings is 1. The highest BCUT2D eigenvalue weighted by molar-refractivity contribution is 7.13. The van der Waals surface area contributed by atoms with Crippen LogP contribution in [-0.2, 0) is 6.54 Å². The number of halogens is 2. The highest BCUT2D eigenvalue weighted by atomic mass is 35.5. The first-order chi connectivity index (χ1) is 10.6. The molecule has 0 spiro atoms. The minimum atomic E-state index is -0.229. The summed E-state index contributed by atoms with van der Waals surface area (Å²) in [5, 5.41) is 5.55. The normalized spacial score (nSPS) is 10.6. The zero-order chi connectivity index (χ0) is 15.5. The quantitative estimate of drug-likeness (QED) is 0.697. The maximum atomic E-state index is 12.1. The SMILES string of the molecule is O=C(NCc1ccc(-c2cccs2)o1)c1ccc(Cl)c(Cl)c1. The van der Waals surface area contributed by atoms with E-state index < -0.39 is 0 Å². The van der Waals surface area contributed by atoms with Crippen LogP contribution in [0.3, 0.4) is 0 Å². The molecule has 2 aromatic heterocycles. The first-order valence-electron chi connectivity index (χ1n) is 6.49. The lowest BCUT2D eigenvalue weighted by molar-refractivity contribution is 0.0948. The molecule has 3 rings (SSSR count). The molecule has 112 valence electrons. The molecule has 6 heteroatoms. The molecule has 0 aliphatic heterocycles. The highest BCUT2D eigenvalue weighted by Gasteiger charge is 2.10. The predicted octanol–water partition coefficient (Wildman–Crippen LogP) is 5.24. The lowest BCUT2D eigenvalue weighted by atomic mass is 10.2. The van der Waals surface area contributed by atoms with E-state index in [9.17, 15) is 4.79 Å². The van der Waals surface area contributed by atoms with Crippen molar-refractivity contribution in [3.63, 3.8) is 0 Å². The lowest BCUT2D eigenvalue weighted by Gasteiger charge is -2.04. The maximum absolute atomic E-state index is 12.1. The van der Waals surface area contributed by atoms with Crippen LogP contribution in [0.2, 0.25) is 10.0 Å². The topological polar surface area (TPSA) is 42.2 Å². The fourth-order valence-electron chi connectivity index (χ4n) is 1.93. The van der Waals surface area contributed by atoms with Gasteiger partial charge in [-0.2, -0.15) is 0 Å². The smallest absolute Gasteiger partial charge is 0.251 e. The molecule has 0 bridgehead atoms. The van der Waals surface area contributed by atoms with Crippen LogP contribution < -0.4 is 5.32 Å². The van der Waals surface area contributed by atoms with Crippen LogP contribution in [-0.4, -0.2) is 5.91 Å². The molecule has 0 fully saturated rings. The van der Waals surface area contributed by atoms with E-state index in [-0.39, 0.29) is 5.91 Å². The van der Waals surface area contributed by atoms with Crippen molar-refractivity contribution in [3.8, 4) is 10.6 Å². The molecule has 0 radical (unpaired) electrons. The van der Waals surface area contributed by atoms with Gasteiger partial charge in [-0.05, 0) is 41.8 Å². The number of amides is 1. The lowest BCUT2D eigenvalue weighted by Crippen LogP contribution is -2.22. The van der Waals surface area contributed by atoms with Crippen LogP contribution in [0.25, 0.3) is 10.6 Å². The average molecular weight is 352 g/mol. The number of rotatable bonds is 4. The van der Waals surface area contributed by atoms with Crippen LogP contribution in [0.15, 0.2) is 52.3 Å². The number of thiophene rings is 1. The summed E-state index contributed by atoms with van der Waals surface area (Å²) < 4.78 is 5.71. The molecule has 0 aliphatic rings. The summed E-state index contributed by atoms with van der Waals surface area (Å²) >= 11 is 13.3. The monoisotopic (exact) mass is 351 g/mol. The van der Waals surface area contributed by atoms with Crippen LogP contribution in [0, 0.1) is 0 Å². The average Bonchev–Trinajstić information content (AvgIpc) is 3.18. The van der Waals surface area contributed by atoms with E-state index in [1.165, 1.54) is 0 Å². The van der Waals surface area contributed by atoms with Gasteiger partial charge < -0.3 is 9.73 Å². The van der Waals surface area contributed by atoms with Gasteiger partial charge in [-0.1, -0.05) is 29.3 Å². The van der Waals surface area contributed by atoms with Gasteiger partial charge in [0.15, 0.2) is 0 Å². The zero-order valence-electron chi connectivity index (χ0n) is 11.3. The van der Waals surface area contributed by atoms with Crippen LogP contribution in [0.5, 0.6) is 0 Å². The van der Waals surface area contributed by atoms with Gasteiger partial charge in [0.1, 0.15) is 11.5 Å². The van der Waals surface area contributed by atoms with Crippen molar-refractivity contribution in [2.75, 3.05) is 0 Å². The Hall–Kier alpha value is -1.75. The number of carbonyl (C=O) groups excluding carboxylic acids is 1. The second kappa shape index (κ2) is 6.57. The fourth-order valence-corrected chi connectivity index (χ4v) is 2.92. The Balaban J connectivity index is 1.65. The van der Waals surface area contributed by atoms with E-state index in [0.717, 1.165) is 10.6 Å². The molecule has 0 saturated carbocycles. The van der Waals surface area contributed by atoms with Crippen LogP contribution in [0.1, 0.15) is 16.1 Å². The molecule has 1 aromatic carbocycles. The van der Waals surface area contributed by atoms with Gasteiger partial charge in [0, 0.05) is 5.56 Å². The molecule has 3 aromatic rings. The number of benzene rings is 1. The fraction of sp³-hybridized carbons (Fsp3) is 0.0625. The number of nitrogens with one attached hydrogen (secondary N) is 1. The Bertz CT molecular complexity index is 796. The second-order valence-corrected chi connectivity index (χ2v) is 6.32. The van der Waals surface area contributed by atoms with Crippen molar-refractivity contribution in [3.05, 3.63) is 69.2 Å². The Kier molecular flexibility index (Phi) is 4.52. The third kappa shape index (κ3) is 3.35. The summed E-state index contributed by atoms with van der Waals surface area (Å²) in [6.07, 6.45) is 0. The maximum Gasteiger partial charge on any atom is 0.251 e. The third-order valence-electron chi connectivity index (χ3n) is 3.03. The third-order valence-corrected chi connectivity index (χ3v) is 4.65. The van der Waals surface area contributed by atoms with Crippen molar-refractivity contribution >= 4 is 40.4 Å². The number of hydrogen-bond donors (Lipinski definition) is 1. The molecular formula is C16H11Cl2NO2S. The molecule has 2 heterocycles. The second-order valence-electron chi connectivity index (χ2n) is 4.55. The summed E-state index contributed by atoms with van der Waals surface area (Å²) in [5.41, 5.74) is 0.458. The van der Waals surface area contributed by atoms with Gasteiger partial charge in [-0.3, -0.25) is 4.79 Å². The minimum absolute atomic E-state index is 0.229. The summed E-state index contributed by atoms with van der Waals surface area (Å²) in [4.78, 5) is 13.1. The van der Waals surface area contributed by atoms with Gasteiger partial charge >= 0.3 is 0 Å². The van der Waals surface area contributed by atoms with Crippen LogP contribution >= 0.6 is 34.5 Å². The standard InChI is InChI=1S/C16H11Cl2NO2S/c17-12-5-3-10(8-13(12)18)16(20)19-9-11-4-6-14(21-11)15-2-1-7-22-15/h1-8H,9H2,(H,19,20). The van der Waals surface area contributed by atoms with E-state index in [1.54, 1.807) is 29.5 Å². The Labute approximate surface area is 141 Å². The Morgan fingerprint density at radius 3 is 2.73 bits per heavy atom. The zero-order valence-corrected chi connectivity index (χ0v) is 13.6. The molecule has 22 heavy (non-hydrogen) atoms. The number of hydrogen-bond acceptors (Lipinski definition) is 3. The van der Waals surface area contributed by atoms with Crippen molar-refractivity contribution in [1.82, 2.24) is 5.32 Å². The molecule has 0 aliphatic carbocycles. The van der Waals surface area contributed by atoms with Gasteiger partial charge in [-0.25, -0.2) is 0 Å². The summed E-state index contributed by atoms with van der Waals surface area (Å²) in [6.45, 7) is 0.310. The minimum Gasteiger partial charge on any atom is -0.458 e. The number of carbonyl (C=O) groups is 1. The van der Waals surface area contributed by atoms with E-state index in [0.29, 0.717) is 27.9 Å². The van der Waals surface area contributed by atoms with E-state index in [4.69, 9.17) is 27.6 Å². The van der Waals surface area contributed by atoms with Gasteiger partial charge in [-0.15, -0.1) is 11.3 Å². The summed E-state index contributed by atoms with van der Waals surface area (Å²) in [5.74, 6) is 1.26. The van der Waals surface area contributed by atoms with Gasteiger partial charge in [0.05, 0.1) is 21.5 Å². The molecule has 1 N–H and O–H groups in total. The van der Waals surface area contributed by atoms with E-state index in [1.807, 2.05) is 29.6 Å².